The summed E-state index contributed by atoms with van der Waals surface area (Å²) < 4.78 is 13.3. The number of fused-ring (bicyclic) bond motifs is 3. The van der Waals surface area contributed by atoms with E-state index >= 15 is 0 Å². The lowest BCUT2D eigenvalue weighted by Gasteiger charge is -2.45. The van der Waals surface area contributed by atoms with Gasteiger partial charge in [-0.15, -0.1) is 0 Å². The Kier molecular flexibility index (Phi) is 4.24. The van der Waals surface area contributed by atoms with Crippen LogP contribution in [0.4, 0.5) is 4.39 Å². The summed E-state index contributed by atoms with van der Waals surface area (Å²) in [5.41, 5.74) is 3.77. The summed E-state index contributed by atoms with van der Waals surface area (Å²) in [6.07, 6.45) is 3.29. The van der Waals surface area contributed by atoms with E-state index in [9.17, 15) is 9.18 Å². The molecule has 1 aliphatic carbocycles. The lowest BCUT2D eigenvalue weighted by atomic mass is 9.89. The summed E-state index contributed by atoms with van der Waals surface area (Å²) in [6.45, 7) is 3.57. The van der Waals surface area contributed by atoms with E-state index in [-0.39, 0.29) is 17.6 Å². The van der Waals surface area contributed by atoms with Crippen molar-refractivity contribution >= 4 is 5.91 Å². The fraction of sp³-hybridized carbons (Fsp3) is 0.435. The van der Waals surface area contributed by atoms with Gasteiger partial charge in [-0.05, 0) is 54.0 Å². The number of amides is 1. The number of nitrogens with zero attached hydrogens (tertiary/aromatic N) is 2. The number of piperazine rings is 1. The van der Waals surface area contributed by atoms with Crippen LogP contribution in [0.15, 0.2) is 48.5 Å². The van der Waals surface area contributed by atoms with Gasteiger partial charge in [-0.1, -0.05) is 36.4 Å². The van der Waals surface area contributed by atoms with E-state index in [4.69, 9.17) is 0 Å². The zero-order chi connectivity index (χ0) is 18.4. The molecule has 2 fully saturated rings. The first-order chi connectivity index (χ1) is 13.2. The Labute approximate surface area is 159 Å². The first-order valence-corrected chi connectivity index (χ1v) is 10.1. The first kappa shape index (κ1) is 16.9. The number of hydrogen-bond acceptors (Lipinski definition) is 2. The molecule has 140 valence electrons. The van der Waals surface area contributed by atoms with Crippen LogP contribution in [0.25, 0.3) is 0 Å². The molecule has 1 saturated carbocycles. The normalized spacial score (nSPS) is 23.4. The van der Waals surface area contributed by atoms with Crippen molar-refractivity contribution in [2.45, 2.75) is 31.2 Å². The van der Waals surface area contributed by atoms with Gasteiger partial charge in [0, 0.05) is 26.2 Å². The van der Waals surface area contributed by atoms with Crippen LogP contribution in [0, 0.1) is 11.7 Å². The highest BCUT2D eigenvalue weighted by atomic mass is 19.1. The Morgan fingerprint density at radius 1 is 1.00 bits per heavy atom. The Bertz CT molecular complexity index is 846. The molecule has 1 amide bonds. The maximum absolute atomic E-state index is 13.5. The quantitative estimate of drug-likeness (QED) is 0.828. The van der Waals surface area contributed by atoms with Gasteiger partial charge >= 0.3 is 0 Å². The van der Waals surface area contributed by atoms with Crippen LogP contribution in [0.2, 0.25) is 0 Å². The molecule has 0 N–H and O–H groups in total. The fourth-order valence-electron chi connectivity index (χ4n) is 4.85. The van der Waals surface area contributed by atoms with Crippen molar-refractivity contribution in [2.24, 2.45) is 5.92 Å². The van der Waals surface area contributed by atoms with Crippen molar-refractivity contribution in [3.8, 4) is 0 Å². The van der Waals surface area contributed by atoms with Crippen LogP contribution in [0.1, 0.15) is 41.5 Å². The number of benzene rings is 2. The van der Waals surface area contributed by atoms with Crippen molar-refractivity contribution in [3.63, 3.8) is 0 Å². The molecule has 1 saturated heterocycles. The van der Waals surface area contributed by atoms with Crippen LogP contribution in [-0.4, -0.2) is 41.9 Å². The second kappa shape index (κ2) is 6.75. The first-order valence-electron chi connectivity index (χ1n) is 10.1. The molecule has 5 rings (SSSR count). The minimum absolute atomic E-state index is 0.115. The SMILES string of the molecule is O=C(C(c1ccc(F)cc1)C1CC1)N1CCN2CCc3ccccc3C2C1. The second-order valence-corrected chi connectivity index (χ2v) is 8.15. The third-order valence-corrected chi connectivity index (χ3v) is 6.47. The predicted octanol–water partition coefficient (Wildman–Crippen LogP) is 3.76. The van der Waals surface area contributed by atoms with E-state index < -0.39 is 0 Å². The molecule has 2 aromatic carbocycles. The lowest BCUT2D eigenvalue weighted by Crippen LogP contribution is -2.53. The van der Waals surface area contributed by atoms with E-state index in [2.05, 4.69) is 34.1 Å². The Hall–Kier alpha value is -2.20. The number of carbonyl (C=O) groups is 1. The average Bonchev–Trinajstić information content (AvgIpc) is 3.54. The number of halogens is 1. The van der Waals surface area contributed by atoms with Crippen LogP contribution in [0.5, 0.6) is 0 Å². The van der Waals surface area contributed by atoms with Crippen LogP contribution < -0.4 is 0 Å². The lowest BCUT2D eigenvalue weighted by molar-refractivity contribution is -0.136. The molecule has 0 radical (unpaired) electrons. The Balaban J connectivity index is 1.40. The van der Waals surface area contributed by atoms with E-state index in [0.717, 1.165) is 51.0 Å². The summed E-state index contributed by atoms with van der Waals surface area (Å²) in [5.74, 6) is 0.288. The highest BCUT2D eigenvalue weighted by Gasteiger charge is 2.42. The molecule has 3 aliphatic rings. The Morgan fingerprint density at radius 3 is 2.56 bits per heavy atom. The smallest absolute Gasteiger partial charge is 0.230 e. The maximum Gasteiger partial charge on any atom is 0.230 e. The summed E-state index contributed by atoms with van der Waals surface area (Å²) in [5, 5.41) is 0. The average molecular weight is 364 g/mol. The minimum atomic E-state index is -0.242. The van der Waals surface area contributed by atoms with Gasteiger partial charge < -0.3 is 4.90 Å². The van der Waals surface area contributed by atoms with Gasteiger partial charge in [0.15, 0.2) is 0 Å². The number of carbonyl (C=O) groups excluding carboxylic acids is 1. The molecule has 2 heterocycles. The molecule has 3 nitrogen and oxygen atoms in total. The molecule has 2 aromatic rings. The minimum Gasteiger partial charge on any atom is -0.339 e. The van der Waals surface area contributed by atoms with Crippen molar-refractivity contribution in [2.75, 3.05) is 26.2 Å². The fourth-order valence-corrected chi connectivity index (χ4v) is 4.85. The monoisotopic (exact) mass is 364 g/mol. The van der Waals surface area contributed by atoms with Gasteiger partial charge in [0.2, 0.25) is 5.91 Å². The summed E-state index contributed by atoms with van der Waals surface area (Å²) in [7, 11) is 0. The largest absolute Gasteiger partial charge is 0.339 e. The predicted molar refractivity (Wildman–Crippen MR) is 103 cm³/mol. The second-order valence-electron chi connectivity index (χ2n) is 8.15. The molecule has 2 unspecified atom stereocenters. The highest BCUT2D eigenvalue weighted by Crippen LogP contribution is 2.44. The number of hydrogen-bond donors (Lipinski definition) is 0. The van der Waals surface area contributed by atoms with Gasteiger partial charge in [0.1, 0.15) is 5.82 Å². The van der Waals surface area contributed by atoms with Gasteiger partial charge in [0.05, 0.1) is 12.0 Å². The molecule has 0 aromatic heterocycles. The zero-order valence-electron chi connectivity index (χ0n) is 15.5. The van der Waals surface area contributed by atoms with Crippen LogP contribution >= 0.6 is 0 Å². The Morgan fingerprint density at radius 2 is 1.78 bits per heavy atom. The molecule has 27 heavy (non-hydrogen) atoms. The van der Waals surface area contributed by atoms with E-state index in [1.807, 2.05) is 0 Å². The third-order valence-electron chi connectivity index (χ3n) is 6.47. The van der Waals surface area contributed by atoms with Crippen molar-refractivity contribution in [1.29, 1.82) is 0 Å². The van der Waals surface area contributed by atoms with E-state index in [1.165, 1.54) is 23.3 Å². The molecule has 4 heteroatoms. The summed E-state index contributed by atoms with van der Waals surface area (Å²) in [6, 6.07) is 15.5. The van der Waals surface area contributed by atoms with Crippen LogP contribution in [0.3, 0.4) is 0 Å². The van der Waals surface area contributed by atoms with E-state index in [1.54, 1.807) is 12.1 Å². The maximum atomic E-state index is 13.5. The van der Waals surface area contributed by atoms with Gasteiger partial charge in [-0.2, -0.15) is 0 Å². The molecule has 0 spiro atoms. The third kappa shape index (κ3) is 3.16. The molecular formula is C23H25FN2O. The summed E-state index contributed by atoms with van der Waals surface area (Å²) >= 11 is 0. The van der Waals surface area contributed by atoms with E-state index in [0.29, 0.717) is 12.0 Å². The highest BCUT2D eigenvalue weighted by molar-refractivity contribution is 5.84. The topological polar surface area (TPSA) is 23.6 Å². The van der Waals surface area contributed by atoms with Crippen LogP contribution in [-0.2, 0) is 11.2 Å². The zero-order valence-corrected chi connectivity index (χ0v) is 15.5. The van der Waals surface area contributed by atoms with Crippen molar-refractivity contribution in [1.82, 2.24) is 9.80 Å². The van der Waals surface area contributed by atoms with Crippen molar-refractivity contribution < 1.29 is 9.18 Å². The molecular weight excluding hydrogens is 339 g/mol. The molecule has 0 bridgehead atoms. The summed E-state index contributed by atoms with van der Waals surface area (Å²) in [4.78, 5) is 18.1. The standard InChI is InChI=1S/C23H25FN2O/c24-19-9-7-18(8-10-19)22(17-5-6-17)23(27)26-14-13-25-12-11-16-3-1-2-4-20(16)21(25)15-26/h1-4,7-10,17,21-22H,5-6,11-15H2. The van der Waals surface area contributed by atoms with Gasteiger partial charge in [0.25, 0.3) is 0 Å². The van der Waals surface area contributed by atoms with Gasteiger partial charge in [-0.25, -0.2) is 4.39 Å². The number of rotatable bonds is 3. The molecule has 2 atom stereocenters. The van der Waals surface area contributed by atoms with Gasteiger partial charge in [-0.3, -0.25) is 9.69 Å². The molecule has 2 aliphatic heterocycles. The van der Waals surface area contributed by atoms with Crippen molar-refractivity contribution in [3.05, 3.63) is 71.0 Å².